The first-order valence-electron chi connectivity index (χ1n) is 9.25. The van der Waals surface area contributed by atoms with Crippen LogP contribution in [-0.4, -0.2) is 5.78 Å². The minimum Gasteiger partial charge on any atom is -0.294 e. The summed E-state index contributed by atoms with van der Waals surface area (Å²) in [5, 5.41) is 0. The molecule has 2 aliphatic carbocycles. The van der Waals surface area contributed by atoms with Crippen LogP contribution in [0.15, 0.2) is 53.6 Å². The molecule has 0 saturated heterocycles. The number of carbonyl (C=O) groups excluding carboxylic acids is 1. The molecule has 0 amide bonds. The molecule has 0 saturated carbocycles. The third-order valence-corrected chi connectivity index (χ3v) is 5.07. The number of fused-ring (bicyclic) bond motifs is 1. The van der Waals surface area contributed by atoms with Gasteiger partial charge in [0.15, 0.2) is 5.78 Å². The first kappa shape index (κ1) is 17.0. The third kappa shape index (κ3) is 3.77. The van der Waals surface area contributed by atoms with Gasteiger partial charge in [0.25, 0.3) is 0 Å². The summed E-state index contributed by atoms with van der Waals surface area (Å²) in [6.07, 6.45) is 13.2. The minimum absolute atomic E-state index is 0.171. The summed E-state index contributed by atoms with van der Waals surface area (Å²) in [6.45, 7) is 6.69. The van der Waals surface area contributed by atoms with Crippen molar-refractivity contribution in [2.24, 2.45) is 5.41 Å². The van der Waals surface area contributed by atoms with Crippen molar-refractivity contribution in [3.05, 3.63) is 64.8 Å². The van der Waals surface area contributed by atoms with Crippen LogP contribution in [0, 0.1) is 5.41 Å². The first-order chi connectivity index (χ1) is 11.5. The summed E-state index contributed by atoms with van der Waals surface area (Å²) in [6, 6.07) is 8.60. The first-order valence-corrected chi connectivity index (χ1v) is 9.25. The molecular formula is C23H28O. The average molecular weight is 320 g/mol. The summed E-state index contributed by atoms with van der Waals surface area (Å²) < 4.78 is 0. The van der Waals surface area contributed by atoms with Crippen molar-refractivity contribution in [1.82, 2.24) is 0 Å². The third-order valence-electron chi connectivity index (χ3n) is 5.07. The highest BCUT2D eigenvalue weighted by atomic mass is 16.1. The van der Waals surface area contributed by atoms with E-state index >= 15 is 0 Å². The molecule has 0 aromatic heterocycles. The number of benzene rings is 1. The molecule has 1 heteroatoms. The van der Waals surface area contributed by atoms with Crippen LogP contribution in [0.4, 0.5) is 0 Å². The average Bonchev–Trinajstić information content (AvgIpc) is 2.54. The van der Waals surface area contributed by atoms with Crippen LogP contribution in [0.25, 0.3) is 5.57 Å². The van der Waals surface area contributed by atoms with E-state index in [1.807, 2.05) is 0 Å². The normalized spacial score (nSPS) is 19.3. The lowest BCUT2D eigenvalue weighted by atomic mass is 9.75. The molecule has 3 rings (SSSR count). The summed E-state index contributed by atoms with van der Waals surface area (Å²) in [7, 11) is 0. The van der Waals surface area contributed by atoms with E-state index in [2.05, 4.69) is 63.3 Å². The van der Waals surface area contributed by atoms with Crippen LogP contribution < -0.4 is 0 Å². The van der Waals surface area contributed by atoms with E-state index in [0.29, 0.717) is 6.42 Å². The molecule has 0 fully saturated rings. The van der Waals surface area contributed by atoms with Gasteiger partial charge < -0.3 is 0 Å². The Kier molecular flexibility index (Phi) is 4.89. The van der Waals surface area contributed by atoms with Crippen molar-refractivity contribution < 1.29 is 4.79 Å². The number of allylic oxidation sites excluding steroid dienone is 6. The number of aryl methyl sites for hydroxylation is 1. The second-order valence-electron chi connectivity index (χ2n) is 7.83. The lowest BCUT2D eigenvalue weighted by molar-refractivity contribution is -0.113. The molecule has 1 nitrogen and oxygen atoms in total. The second-order valence-corrected chi connectivity index (χ2v) is 7.83. The van der Waals surface area contributed by atoms with Crippen molar-refractivity contribution >= 4 is 11.4 Å². The molecule has 0 radical (unpaired) electrons. The van der Waals surface area contributed by atoms with Crippen molar-refractivity contribution in [3.63, 3.8) is 0 Å². The number of hydrogen-bond donors (Lipinski definition) is 0. The second kappa shape index (κ2) is 6.93. The number of ketones is 1. The minimum atomic E-state index is 0.171. The zero-order chi connectivity index (χ0) is 17.2. The summed E-state index contributed by atoms with van der Waals surface area (Å²) >= 11 is 0. The van der Waals surface area contributed by atoms with Crippen LogP contribution in [0.2, 0.25) is 0 Å². The van der Waals surface area contributed by atoms with Crippen molar-refractivity contribution in [1.29, 1.82) is 0 Å². The van der Waals surface area contributed by atoms with Crippen LogP contribution in [0.1, 0.15) is 64.0 Å². The van der Waals surface area contributed by atoms with Gasteiger partial charge in [0.1, 0.15) is 0 Å². The quantitative estimate of drug-likeness (QED) is 0.603. The molecule has 0 spiro atoms. The molecule has 0 atom stereocenters. The van der Waals surface area contributed by atoms with E-state index in [9.17, 15) is 4.79 Å². The Morgan fingerprint density at radius 2 is 1.83 bits per heavy atom. The zero-order valence-electron chi connectivity index (χ0n) is 15.2. The smallest absolute Gasteiger partial charge is 0.167 e. The SMILES string of the molecule is CCCCCc1ccc(C2=CC3=CCC(C)(C)C=C3CC2=O)cc1. The van der Waals surface area contributed by atoms with E-state index in [1.165, 1.54) is 36.0 Å². The lowest BCUT2D eigenvalue weighted by Crippen LogP contribution is -2.17. The standard InChI is InChI=1S/C23H28O/c1-4-5-6-7-17-8-10-18(11-9-17)21-14-19-12-13-23(2,3)16-20(19)15-22(21)24/h8-12,14,16H,4-7,13,15H2,1-3H3. The van der Waals surface area contributed by atoms with Crippen LogP contribution in [-0.2, 0) is 11.2 Å². The van der Waals surface area contributed by atoms with Gasteiger partial charge in [-0.3, -0.25) is 4.79 Å². The van der Waals surface area contributed by atoms with Gasteiger partial charge in [-0.05, 0) is 53.0 Å². The predicted octanol–water partition coefficient (Wildman–Crippen LogP) is 6.06. The molecule has 0 heterocycles. The van der Waals surface area contributed by atoms with E-state index in [4.69, 9.17) is 0 Å². The fourth-order valence-corrected chi connectivity index (χ4v) is 3.60. The van der Waals surface area contributed by atoms with Gasteiger partial charge >= 0.3 is 0 Å². The van der Waals surface area contributed by atoms with Crippen molar-refractivity contribution in [2.45, 2.75) is 59.3 Å². The highest BCUT2D eigenvalue weighted by Crippen LogP contribution is 2.39. The Morgan fingerprint density at radius 3 is 2.54 bits per heavy atom. The maximum atomic E-state index is 12.6. The van der Waals surface area contributed by atoms with Crippen LogP contribution >= 0.6 is 0 Å². The zero-order valence-corrected chi connectivity index (χ0v) is 15.2. The Bertz CT molecular complexity index is 711. The highest BCUT2D eigenvalue weighted by Gasteiger charge is 2.27. The summed E-state index contributed by atoms with van der Waals surface area (Å²) in [5.74, 6) is 0.245. The molecule has 1 aromatic carbocycles. The maximum Gasteiger partial charge on any atom is 0.167 e. The number of rotatable bonds is 5. The van der Waals surface area contributed by atoms with Gasteiger partial charge in [-0.25, -0.2) is 0 Å². The Morgan fingerprint density at radius 1 is 1.08 bits per heavy atom. The molecule has 0 aliphatic heterocycles. The van der Waals surface area contributed by atoms with E-state index < -0.39 is 0 Å². The van der Waals surface area contributed by atoms with Crippen LogP contribution in [0.5, 0.6) is 0 Å². The Balaban J connectivity index is 1.80. The van der Waals surface area contributed by atoms with E-state index in [-0.39, 0.29) is 11.2 Å². The predicted molar refractivity (Wildman–Crippen MR) is 102 cm³/mol. The van der Waals surface area contributed by atoms with Gasteiger partial charge in [-0.2, -0.15) is 0 Å². The molecule has 1 aromatic rings. The topological polar surface area (TPSA) is 17.1 Å². The monoisotopic (exact) mass is 320 g/mol. The number of Topliss-reactive ketones (excluding diaryl/α,β-unsaturated/α-hetero) is 1. The highest BCUT2D eigenvalue weighted by molar-refractivity contribution is 6.23. The fourth-order valence-electron chi connectivity index (χ4n) is 3.60. The Hall–Kier alpha value is -1.89. The fraction of sp³-hybridized carbons (Fsp3) is 0.435. The molecular weight excluding hydrogens is 292 g/mol. The summed E-state index contributed by atoms with van der Waals surface area (Å²) in [5.41, 5.74) is 5.93. The molecule has 0 bridgehead atoms. The Labute approximate surface area is 146 Å². The largest absolute Gasteiger partial charge is 0.294 e. The van der Waals surface area contributed by atoms with Gasteiger partial charge in [-0.1, -0.05) is 70.0 Å². The number of carbonyl (C=O) groups is 1. The van der Waals surface area contributed by atoms with E-state index in [0.717, 1.165) is 24.0 Å². The molecule has 126 valence electrons. The molecule has 0 N–H and O–H groups in total. The van der Waals surface area contributed by atoms with Crippen LogP contribution in [0.3, 0.4) is 0 Å². The lowest BCUT2D eigenvalue weighted by Gasteiger charge is -2.29. The molecule has 2 aliphatic rings. The summed E-state index contributed by atoms with van der Waals surface area (Å²) in [4.78, 5) is 12.6. The molecule has 0 unspecified atom stereocenters. The molecule has 24 heavy (non-hydrogen) atoms. The van der Waals surface area contributed by atoms with Gasteiger partial charge in [0.2, 0.25) is 0 Å². The van der Waals surface area contributed by atoms with Crippen molar-refractivity contribution in [2.75, 3.05) is 0 Å². The van der Waals surface area contributed by atoms with Crippen molar-refractivity contribution in [3.8, 4) is 0 Å². The van der Waals surface area contributed by atoms with Gasteiger partial charge in [0, 0.05) is 12.0 Å². The van der Waals surface area contributed by atoms with Gasteiger partial charge in [-0.15, -0.1) is 0 Å². The number of hydrogen-bond acceptors (Lipinski definition) is 1. The maximum absolute atomic E-state index is 12.6. The van der Waals surface area contributed by atoms with E-state index in [1.54, 1.807) is 0 Å². The number of unbranched alkanes of at least 4 members (excludes halogenated alkanes) is 2. The van der Waals surface area contributed by atoms with Gasteiger partial charge in [0.05, 0.1) is 0 Å².